The van der Waals surface area contributed by atoms with E-state index in [0.29, 0.717) is 5.56 Å². The van der Waals surface area contributed by atoms with Gasteiger partial charge in [-0.2, -0.15) is 0 Å². The smallest absolute Gasteiger partial charge is 0.313 e. The van der Waals surface area contributed by atoms with E-state index in [4.69, 9.17) is 10.5 Å². The molecule has 0 bridgehead atoms. The number of hydrogen-bond acceptors (Lipinski definition) is 6. The second-order valence-electron chi connectivity index (χ2n) is 9.49. The van der Waals surface area contributed by atoms with Gasteiger partial charge in [-0.25, -0.2) is 9.37 Å². The fraction of sp³-hybridized carbons (Fsp3) is 0.400. The number of carbonyl (C=O) groups is 4. The molecule has 190 valence electrons. The number of nitrogens with one attached hydrogen (secondary N) is 1. The first kappa shape index (κ1) is 25.1. The monoisotopic (exact) mass is 497 g/mol. The Kier molecular flexibility index (Phi) is 6.66. The van der Waals surface area contributed by atoms with Crippen LogP contribution >= 0.6 is 0 Å². The Morgan fingerprint density at radius 2 is 1.81 bits per heavy atom. The van der Waals surface area contributed by atoms with Crippen molar-refractivity contribution in [3.63, 3.8) is 0 Å². The van der Waals surface area contributed by atoms with Crippen LogP contribution in [0.4, 0.5) is 10.1 Å². The molecule has 0 spiro atoms. The van der Waals surface area contributed by atoms with Crippen LogP contribution in [0.25, 0.3) is 0 Å². The molecule has 2 aliphatic rings. The molecule has 0 unspecified atom stereocenters. The molecular weight excluding hydrogens is 469 g/mol. The van der Waals surface area contributed by atoms with Crippen molar-refractivity contribution in [2.24, 2.45) is 11.1 Å². The number of halogens is 1. The van der Waals surface area contributed by atoms with Crippen LogP contribution in [0.15, 0.2) is 36.5 Å². The van der Waals surface area contributed by atoms with E-state index in [0.717, 1.165) is 12.8 Å². The summed E-state index contributed by atoms with van der Waals surface area (Å²) in [4.78, 5) is 58.2. The van der Waals surface area contributed by atoms with Gasteiger partial charge in [0.15, 0.2) is 0 Å². The van der Waals surface area contributed by atoms with Gasteiger partial charge < -0.3 is 25.6 Å². The maximum atomic E-state index is 13.6. The highest BCUT2D eigenvalue weighted by Crippen LogP contribution is 2.47. The highest BCUT2D eigenvalue weighted by molar-refractivity contribution is 6.39. The molecule has 1 saturated carbocycles. The minimum Gasteiger partial charge on any atom is -0.480 e. The van der Waals surface area contributed by atoms with Crippen LogP contribution in [0.1, 0.15) is 48.7 Å². The Labute approximate surface area is 207 Å². The first-order valence-electron chi connectivity index (χ1n) is 11.6. The zero-order valence-electron chi connectivity index (χ0n) is 20.3. The van der Waals surface area contributed by atoms with E-state index in [1.165, 1.54) is 36.4 Å². The molecule has 10 nitrogen and oxygen atoms in total. The van der Waals surface area contributed by atoms with Crippen molar-refractivity contribution in [1.82, 2.24) is 14.8 Å². The van der Waals surface area contributed by atoms with Gasteiger partial charge in [-0.15, -0.1) is 0 Å². The predicted octanol–water partition coefficient (Wildman–Crippen LogP) is 1.87. The van der Waals surface area contributed by atoms with Gasteiger partial charge in [0.25, 0.3) is 5.91 Å². The van der Waals surface area contributed by atoms with Crippen molar-refractivity contribution in [3.8, 4) is 5.88 Å². The third kappa shape index (κ3) is 4.86. The molecule has 1 aliphatic heterocycles. The van der Waals surface area contributed by atoms with Crippen LogP contribution in [0.5, 0.6) is 5.88 Å². The molecule has 3 N–H and O–H groups in total. The molecule has 4 amide bonds. The SMILES string of the molecule is COc1ncc(NC(=O)C(=O)N2C[C@@H](C)N(C(=O)C3(C)CC3)C[C@@H]2c2ccc(F)cc2)cc1C(N)=O. The van der Waals surface area contributed by atoms with Crippen molar-refractivity contribution in [2.45, 2.75) is 38.8 Å². The average Bonchev–Trinajstić information content (AvgIpc) is 3.61. The third-order valence-corrected chi connectivity index (χ3v) is 6.79. The minimum atomic E-state index is -0.953. The zero-order valence-corrected chi connectivity index (χ0v) is 20.3. The second kappa shape index (κ2) is 9.56. The molecule has 2 heterocycles. The molecular formula is C25H28FN5O5. The van der Waals surface area contributed by atoms with Gasteiger partial charge in [0.05, 0.1) is 25.0 Å². The van der Waals surface area contributed by atoms with Crippen molar-refractivity contribution in [2.75, 3.05) is 25.5 Å². The van der Waals surface area contributed by atoms with Gasteiger partial charge in [-0.1, -0.05) is 19.1 Å². The number of hydrogen-bond donors (Lipinski definition) is 2. The number of anilines is 1. The van der Waals surface area contributed by atoms with Crippen LogP contribution in [-0.4, -0.2) is 64.7 Å². The number of amides is 4. The summed E-state index contributed by atoms with van der Waals surface area (Å²) in [6.07, 6.45) is 2.86. The number of benzene rings is 1. The van der Waals surface area contributed by atoms with Gasteiger partial charge in [0, 0.05) is 24.5 Å². The maximum Gasteiger partial charge on any atom is 0.313 e. The maximum absolute atomic E-state index is 13.6. The number of ether oxygens (including phenoxy) is 1. The van der Waals surface area contributed by atoms with Crippen LogP contribution in [0, 0.1) is 11.2 Å². The first-order chi connectivity index (χ1) is 17.0. The summed E-state index contributed by atoms with van der Waals surface area (Å²) < 4.78 is 18.6. The molecule has 11 heteroatoms. The van der Waals surface area contributed by atoms with Crippen molar-refractivity contribution in [1.29, 1.82) is 0 Å². The number of carbonyl (C=O) groups excluding carboxylic acids is 4. The number of rotatable bonds is 5. The Morgan fingerprint density at radius 3 is 2.39 bits per heavy atom. The average molecular weight is 498 g/mol. The molecule has 4 rings (SSSR count). The zero-order chi connectivity index (χ0) is 26.2. The quantitative estimate of drug-likeness (QED) is 0.606. The highest BCUT2D eigenvalue weighted by Gasteiger charge is 2.50. The Bertz CT molecular complexity index is 1210. The van der Waals surface area contributed by atoms with Crippen LogP contribution in [0.3, 0.4) is 0 Å². The number of pyridine rings is 1. The van der Waals surface area contributed by atoms with Crippen molar-refractivity contribution < 1.29 is 28.3 Å². The number of piperazine rings is 1. The topological polar surface area (TPSA) is 135 Å². The van der Waals surface area contributed by atoms with E-state index in [9.17, 15) is 23.6 Å². The van der Waals surface area contributed by atoms with Gasteiger partial charge in [-0.3, -0.25) is 19.2 Å². The lowest BCUT2D eigenvalue weighted by atomic mass is 9.97. The number of primary amides is 1. The minimum absolute atomic E-state index is 0.0119. The Balaban J connectivity index is 1.59. The predicted molar refractivity (Wildman–Crippen MR) is 127 cm³/mol. The molecule has 2 aromatic rings. The number of nitrogens with two attached hydrogens (primary N) is 1. The number of aromatic nitrogens is 1. The van der Waals surface area contributed by atoms with Gasteiger partial charge >= 0.3 is 11.8 Å². The largest absolute Gasteiger partial charge is 0.480 e. The summed E-state index contributed by atoms with van der Waals surface area (Å²) in [5, 5.41) is 2.45. The standard InChI is InChI=1S/C25H28FN5O5/c1-14-12-31(23(34)21(33)29-17-10-18(20(27)32)22(36-3)28-11-17)19(15-4-6-16(26)7-5-15)13-30(14)24(35)25(2)8-9-25/h4-7,10-11,14,19H,8-9,12-13H2,1-3H3,(H2,27,32)(H,29,33)/t14-,19-/m1/s1. The summed E-state index contributed by atoms with van der Waals surface area (Å²) in [5.74, 6) is -3.03. The van der Waals surface area contributed by atoms with Crippen molar-refractivity contribution in [3.05, 3.63) is 53.5 Å². The molecule has 1 aliphatic carbocycles. The third-order valence-electron chi connectivity index (χ3n) is 6.79. The number of nitrogens with zero attached hydrogens (tertiary/aromatic N) is 3. The Hall–Kier alpha value is -4.02. The molecule has 0 radical (unpaired) electrons. The van der Waals surface area contributed by atoms with Gasteiger partial charge in [0.1, 0.15) is 11.4 Å². The molecule has 36 heavy (non-hydrogen) atoms. The lowest BCUT2D eigenvalue weighted by Crippen LogP contribution is -2.59. The lowest BCUT2D eigenvalue weighted by molar-refractivity contribution is -0.153. The first-order valence-corrected chi connectivity index (χ1v) is 11.6. The summed E-state index contributed by atoms with van der Waals surface area (Å²) in [7, 11) is 1.32. The second-order valence-corrected chi connectivity index (χ2v) is 9.49. The van der Waals surface area contributed by atoms with Gasteiger partial charge in [-0.05, 0) is 43.5 Å². The fourth-order valence-electron chi connectivity index (χ4n) is 4.38. The molecule has 1 saturated heterocycles. The summed E-state index contributed by atoms with van der Waals surface area (Å²) in [6.45, 7) is 4.04. The Morgan fingerprint density at radius 1 is 1.14 bits per heavy atom. The van der Waals surface area contributed by atoms with Gasteiger partial charge in [0.2, 0.25) is 11.8 Å². The van der Waals surface area contributed by atoms with E-state index >= 15 is 0 Å². The van der Waals surface area contributed by atoms with E-state index in [1.807, 2.05) is 13.8 Å². The summed E-state index contributed by atoms with van der Waals surface area (Å²) >= 11 is 0. The summed E-state index contributed by atoms with van der Waals surface area (Å²) in [5.41, 5.74) is 5.58. The van der Waals surface area contributed by atoms with E-state index in [1.54, 1.807) is 17.0 Å². The van der Waals surface area contributed by atoms with Crippen molar-refractivity contribution >= 4 is 29.3 Å². The fourth-order valence-corrected chi connectivity index (χ4v) is 4.38. The van der Waals surface area contributed by atoms with E-state index < -0.39 is 35.0 Å². The van der Waals surface area contributed by atoms with Crippen LogP contribution < -0.4 is 15.8 Å². The lowest BCUT2D eigenvalue weighted by Gasteiger charge is -2.46. The van der Waals surface area contributed by atoms with Crippen LogP contribution in [0.2, 0.25) is 0 Å². The number of methoxy groups -OCH3 is 1. The van der Waals surface area contributed by atoms with Crippen LogP contribution in [-0.2, 0) is 14.4 Å². The molecule has 1 aromatic heterocycles. The molecule has 2 atom stereocenters. The summed E-state index contributed by atoms with van der Waals surface area (Å²) in [6, 6.07) is 5.93. The molecule has 1 aromatic carbocycles. The van der Waals surface area contributed by atoms with E-state index in [-0.39, 0.29) is 42.2 Å². The highest BCUT2D eigenvalue weighted by atomic mass is 19.1. The normalized spacial score (nSPS) is 20.4. The van der Waals surface area contributed by atoms with E-state index in [2.05, 4.69) is 10.3 Å². The molecule has 2 fully saturated rings.